The molecule has 0 amide bonds. The van der Waals surface area contributed by atoms with Crippen LogP contribution in [0.5, 0.6) is 0 Å². The summed E-state index contributed by atoms with van der Waals surface area (Å²) in [4.78, 5) is 37.8. The fourth-order valence-electron chi connectivity index (χ4n) is 7.30. The van der Waals surface area contributed by atoms with Gasteiger partial charge in [0.05, 0.1) is 0 Å². The van der Waals surface area contributed by atoms with Gasteiger partial charge in [0, 0.05) is 19.3 Å². The Morgan fingerprint density at radius 3 is 0.945 bits per heavy atom. The normalized spacial score (nSPS) is 12.4. The van der Waals surface area contributed by atoms with Gasteiger partial charge in [-0.3, -0.25) is 14.4 Å². The van der Waals surface area contributed by atoms with Crippen molar-refractivity contribution in [3.63, 3.8) is 0 Å². The highest BCUT2D eigenvalue weighted by Gasteiger charge is 2.19. The third-order valence-electron chi connectivity index (χ3n) is 11.4. The van der Waals surface area contributed by atoms with Gasteiger partial charge in [0.2, 0.25) is 0 Å². The van der Waals surface area contributed by atoms with Gasteiger partial charge in [-0.2, -0.15) is 0 Å². The van der Waals surface area contributed by atoms with Crippen molar-refractivity contribution >= 4 is 17.9 Å². The van der Waals surface area contributed by atoms with Gasteiger partial charge in [-0.15, -0.1) is 0 Å². The predicted octanol–water partition coefficient (Wildman–Crippen LogP) is 15.5. The van der Waals surface area contributed by atoms with Gasteiger partial charge in [0.1, 0.15) is 13.2 Å². The van der Waals surface area contributed by atoms with Crippen LogP contribution in [0, 0.1) is 5.92 Å². The average molecular weight is 779 g/mol. The van der Waals surface area contributed by atoms with E-state index in [1.807, 2.05) is 0 Å². The van der Waals surface area contributed by atoms with Crippen molar-refractivity contribution in [1.82, 2.24) is 0 Å². The van der Waals surface area contributed by atoms with Crippen molar-refractivity contribution in [3.05, 3.63) is 0 Å². The maximum atomic E-state index is 12.7. The molecule has 1 unspecified atom stereocenters. The molecule has 0 saturated carbocycles. The lowest BCUT2D eigenvalue weighted by atomic mass is 10.00. The molecule has 0 rings (SSSR count). The molecule has 0 bridgehead atoms. The number of hydrogen-bond acceptors (Lipinski definition) is 6. The third kappa shape index (κ3) is 41.9. The molecule has 0 fully saturated rings. The molecule has 0 aromatic carbocycles. The van der Waals surface area contributed by atoms with Gasteiger partial charge in [0.15, 0.2) is 6.10 Å². The number of ether oxygens (including phenoxy) is 3. The second-order valence-electron chi connectivity index (χ2n) is 17.0. The van der Waals surface area contributed by atoms with Gasteiger partial charge in [-0.1, -0.05) is 233 Å². The summed E-state index contributed by atoms with van der Waals surface area (Å²) in [6.07, 6.45) is 43.7. The van der Waals surface area contributed by atoms with Crippen LogP contribution in [0.3, 0.4) is 0 Å². The number of rotatable bonds is 44. The molecule has 326 valence electrons. The molecule has 0 aromatic rings. The minimum Gasteiger partial charge on any atom is -0.462 e. The van der Waals surface area contributed by atoms with Crippen molar-refractivity contribution < 1.29 is 28.6 Å². The molecular weight excluding hydrogens is 685 g/mol. The molecule has 0 radical (unpaired) electrons. The van der Waals surface area contributed by atoms with E-state index >= 15 is 0 Å². The van der Waals surface area contributed by atoms with E-state index in [9.17, 15) is 14.4 Å². The molecule has 0 N–H and O–H groups in total. The minimum atomic E-state index is -0.760. The first-order valence-corrected chi connectivity index (χ1v) is 24.4. The zero-order valence-electron chi connectivity index (χ0n) is 37.4. The molecule has 0 aliphatic rings. The van der Waals surface area contributed by atoms with Gasteiger partial charge in [-0.25, -0.2) is 0 Å². The van der Waals surface area contributed by atoms with E-state index in [0.717, 1.165) is 63.7 Å². The fourth-order valence-corrected chi connectivity index (χ4v) is 7.30. The quantitative estimate of drug-likeness (QED) is 0.0348. The molecule has 0 aliphatic heterocycles. The monoisotopic (exact) mass is 779 g/mol. The van der Waals surface area contributed by atoms with Crippen LogP contribution in [0.1, 0.15) is 272 Å². The Balaban J connectivity index is 4.28. The van der Waals surface area contributed by atoms with E-state index in [-0.39, 0.29) is 31.1 Å². The van der Waals surface area contributed by atoms with Gasteiger partial charge in [-0.05, 0) is 25.2 Å². The highest BCUT2D eigenvalue weighted by molar-refractivity contribution is 5.71. The van der Waals surface area contributed by atoms with Crippen molar-refractivity contribution in [2.45, 2.75) is 278 Å². The van der Waals surface area contributed by atoms with Gasteiger partial charge in [0.25, 0.3) is 0 Å². The number of esters is 3. The summed E-state index contributed by atoms with van der Waals surface area (Å²) in [6, 6.07) is 0. The van der Waals surface area contributed by atoms with E-state index < -0.39 is 6.10 Å². The first-order chi connectivity index (χ1) is 26.9. The molecular formula is C49H94O6. The number of unbranched alkanes of at least 4 members (excludes halogenated alkanes) is 30. The molecule has 55 heavy (non-hydrogen) atoms. The van der Waals surface area contributed by atoms with Crippen molar-refractivity contribution in [2.75, 3.05) is 13.2 Å². The third-order valence-corrected chi connectivity index (χ3v) is 11.4. The Hall–Kier alpha value is -1.59. The topological polar surface area (TPSA) is 78.9 Å². The Morgan fingerprint density at radius 2 is 0.636 bits per heavy atom. The van der Waals surface area contributed by atoms with Crippen LogP contribution in [-0.2, 0) is 28.6 Å². The summed E-state index contributed by atoms with van der Waals surface area (Å²) < 4.78 is 16.7. The lowest BCUT2D eigenvalue weighted by Gasteiger charge is -2.18. The van der Waals surface area contributed by atoms with Crippen LogP contribution in [0.2, 0.25) is 0 Å². The van der Waals surface area contributed by atoms with Crippen LogP contribution in [0.15, 0.2) is 0 Å². The average Bonchev–Trinajstić information content (AvgIpc) is 3.18. The molecule has 0 saturated heterocycles. The Kier molecular flexibility index (Phi) is 42.3. The maximum absolute atomic E-state index is 12.7. The molecule has 0 spiro atoms. The van der Waals surface area contributed by atoms with Crippen LogP contribution < -0.4 is 0 Å². The lowest BCUT2D eigenvalue weighted by molar-refractivity contribution is -0.167. The first-order valence-electron chi connectivity index (χ1n) is 24.4. The summed E-state index contributed by atoms with van der Waals surface area (Å²) in [7, 11) is 0. The lowest BCUT2D eigenvalue weighted by Crippen LogP contribution is -2.30. The van der Waals surface area contributed by atoms with Crippen molar-refractivity contribution in [2.24, 2.45) is 5.92 Å². The molecule has 0 aliphatic carbocycles. The summed E-state index contributed by atoms with van der Waals surface area (Å²) in [5.41, 5.74) is 0. The summed E-state index contributed by atoms with van der Waals surface area (Å²) >= 11 is 0. The van der Waals surface area contributed by atoms with Gasteiger partial charge >= 0.3 is 17.9 Å². The smallest absolute Gasteiger partial charge is 0.306 e. The molecule has 0 aromatic heterocycles. The maximum Gasteiger partial charge on any atom is 0.306 e. The van der Waals surface area contributed by atoms with Gasteiger partial charge < -0.3 is 14.2 Å². The van der Waals surface area contributed by atoms with Crippen LogP contribution in [-0.4, -0.2) is 37.2 Å². The predicted molar refractivity (Wildman–Crippen MR) is 233 cm³/mol. The summed E-state index contributed by atoms with van der Waals surface area (Å²) in [5, 5.41) is 0. The zero-order valence-corrected chi connectivity index (χ0v) is 37.4. The largest absolute Gasteiger partial charge is 0.462 e. The highest BCUT2D eigenvalue weighted by Crippen LogP contribution is 2.17. The van der Waals surface area contributed by atoms with E-state index in [1.165, 1.54) is 167 Å². The van der Waals surface area contributed by atoms with Crippen LogP contribution >= 0.6 is 0 Å². The number of carbonyl (C=O) groups is 3. The number of carbonyl (C=O) groups excluding carboxylic acids is 3. The molecule has 6 nitrogen and oxygen atoms in total. The fraction of sp³-hybridized carbons (Fsp3) is 0.939. The SMILES string of the molecule is CCCCCCCCCCCCCCCCCCC(=O)OC[C@H](COC(=O)CCCCCCCCC(C)CC)OC(=O)CCCCCCCCCCCCC. The highest BCUT2D eigenvalue weighted by atomic mass is 16.6. The molecule has 6 heteroatoms. The van der Waals surface area contributed by atoms with Crippen LogP contribution in [0.25, 0.3) is 0 Å². The second-order valence-corrected chi connectivity index (χ2v) is 17.0. The second kappa shape index (κ2) is 43.5. The summed E-state index contributed by atoms with van der Waals surface area (Å²) in [5.74, 6) is -0.0383. The minimum absolute atomic E-state index is 0.0639. The van der Waals surface area contributed by atoms with E-state index in [0.29, 0.717) is 19.3 Å². The molecule has 0 heterocycles. The van der Waals surface area contributed by atoms with Crippen molar-refractivity contribution in [1.29, 1.82) is 0 Å². The van der Waals surface area contributed by atoms with Crippen LogP contribution in [0.4, 0.5) is 0 Å². The van der Waals surface area contributed by atoms with E-state index in [4.69, 9.17) is 14.2 Å². The Bertz CT molecular complexity index is 828. The van der Waals surface area contributed by atoms with Crippen molar-refractivity contribution in [3.8, 4) is 0 Å². The van der Waals surface area contributed by atoms with E-state index in [1.54, 1.807) is 0 Å². The zero-order chi connectivity index (χ0) is 40.3. The Morgan fingerprint density at radius 1 is 0.364 bits per heavy atom. The first kappa shape index (κ1) is 53.4. The van der Waals surface area contributed by atoms with E-state index in [2.05, 4.69) is 27.7 Å². The number of hydrogen-bond donors (Lipinski definition) is 0. The summed E-state index contributed by atoms with van der Waals surface area (Å²) in [6.45, 7) is 8.98. The Labute approximate surface area is 342 Å². The molecule has 2 atom stereocenters. The standard InChI is InChI=1S/C49H94O6/c1-5-8-10-12-14-16-18-19-20-21-22-24-25-27-32-36-40-47(50)53-43-46(44-54-48(51)41-37-33-30-29-31-35-39-45(4)7-3)55-49(52)42-38-34-28-26-23-17-15-13-11-9-6-2/h45-46H,5-44H2,1-4H3/t45?,46-/m1/s1.